The number of carbonyl (C=O) groups excluding carboxylic acids is 8. The Labute approximate surface area is 353 Å². The molecule has 0 bridgehead atoms. The van der Waals surface area contributed by atoms with Gasteiger partial charge in [-0.1, -0.05) is 36.5 Å². The van der Waals surface area contributed by atoms with E-state index < -0.39 is 105 Å². The van der Waals surface area contributed by atoms with Crippen LogP contribution in [0.15, 0.2) is 94.9 Å². The largest absolute Gasteiger partial charge is 0.574 e. The fourth-order valence-corrected chi connectivity index (χ4v) is 6.35. The van der Waals surface area contributed by atoms with Crippen molar-refractivity contribution in [2.75, 3.05) is 13.2 Å². The highest BCUT2D eigenvalue weighted by molar-refractivity contribution is 6.16. The fourth-order valence-electron chi connectivity index (χ4n) is 6.35. The van der Waals surface area contributed by atoms with Crippen LogP contribution in [0.3, 0.4) is 0 Å². The van der Waals surface area contributed by atoms with Crippen LogP contribution in [0.25, 0.3) is 0 Å². The van der Waals surface area contributed by atoms with Gasteiger partial charge in [0.05, 0.1) is 49.1 Å². The molecule has 2 spiro atoms. The number of hydrogen-bond acceptors (Lipinski definition) is 20. The van der Waals surface area contributed by atoms with E-state index in [1.165, 1.54) is 50.3 Å². The summed E-state index contributed by atoms with van der Waals surface area (Å²) < 4.78 is 52.4. The Morgan fingerprint density at radius 2 is 0.855 bits per heavy atom. The molecule has 20 heteroatoms. The SMILES string of the molecule is CCOC(=O)CCC1(C)OC(=O)C(C=CC=CC=C2C(=O)OC3(CCC4(CC3)OC(=O)C(=CC=CC=CC3=C([O-])OC(C)(CCC(=O)OCC)OC3=O)C(=O)O4)OC2=O)=C([O-])O1. The Bertz CT molecular complexity index is 1940. The zero-order valence-electron chi connectivity index (χ0n) is 34.0. The number of carbonyl (C=O) groups is 8. The summed E-state index contributed by atoms with van der Waals surface area (Å²) in [4.78, 5) is 99.8. The Hall–Kier alpha value is -7.12. The number of hydrogen-bond donors (Lipinski definition) is 0. The maximum atomic E-state index is 12.9. The van der Waals surface area contributed by atoms with Gasteiger partial charge in [0.2, 0.25) is 0 Å². The third kappa shape index (κ3) is 11.2. The molecule has 0 aromatic carbocycles. The molecule has 3 fully saturated rings. The molecule has 0 aromatic rings. The minimum absolute atomic E-state index is 0.113. The topological polar surface area (TPSA) is 275 Å². The molecule has 20 nitrogen and oxygen atoms in total. The van der Waals surface area contributed by atoms with E-state index in [1.807, 2.05) is 0 Å². The first-order valence-corrected chi connectivity index (χ1v) is 19.4. The van der Waals surface area contributed by atoms with Gasteiger partial charge in [-0.3, -0.25) is 9.59 Å². The average molecular weight is 867 g/mol. The minimum atomic E-state index is -1.73. The Kier molecular flexibility index (Phi) is 14.1. The van der Waals surface area contributed by atoms with Crippen LogP contribution in [-0.4, -0.2) is 84.1 Å². The molecule has 4 aliphatic heterocycles. The van der Waals surface area contributed by atoms with E-state index in [9.17, 15) is 48.6 Å². The Balaban J connectivity index is 1.11. The average Bonchev–Trinajstić information content (AvgIpc) is 3.18. The lowest BCUT2D eigenvalue weighted by Gasteiger charge is -2.45. The fraction of sp³-hybridized carbons (Fsp3) is 0.429. The van der Waals surface area contributed by atoms with E-state index in [0.29, 0.717) is 0 Å². The van der Waals surface area contributed by atoms with E-state index in [1.54, 1.807) is 13.8 Å². The van der Waals surface area contributed by atoms with Crippen LogP contribution >= 0.6 is 0 Å². The van der Waals surface area contributed by atoms with Crippen LogP contribution in [0.5, 0.6) is 0 Å². The predicted octanol–water partition coefficient (Wildman–Crippen LogP) is 1.64. The van der Waals surface area contributed by atoms with Gasteiger partial charge in [-0.15, -0.1) is 0 Å². The van der Waals surface area contributed by atoms with Crippen molar-refractivity contribution in [1.29, 1.82) is 0 Å². The number of cyclic esters (lactones) is 2. The zero-order valence-corrected chi connectivity index (χ0v) is 34.0. The predicted molar refractivity (Wildman–Crippen MR) is 198 cm³/mol. The molecule has 0 N–H and O–H groups in total. The Morgan fingerprint density at radius 3 is 1.16 bits per heavy atom. The summed E-state index contributed by atoms with van der Waals surface area (Å²) in [6, 6.07) is 0. The monoisotopic (exact) mass is 866 g/mol. The van der Waals surface area contributed by atoms with E-state index in [0.717, 1.165) is 24.3 Å². The molecule has 1 aliphatic carbocycles. The standard InChI is InChI=1S/C42H44O20/c1-5-53-29(43)17-19-39(3)55-31(45)25(32(46)56-39)13-9-7-11-15-27-35(49)59-41(60-36(27)50)21-23-42(24-22-41)61-37(51)28(38(52)62-42)16-12-8-10-14-26-33(47)57-40(4,58-34(26)48)20-18-30(44)54-6-2/h7-16,45,47H,5-6,17-24H2,1-4H3/p-2. The first-order chi connectivity index (χ1) is 29.3. The van der Waals surface area contributed by atoms with E-state index in [-0.39, 0.29) is 64.6 Å². The summed E-state index contributed by atoms with van der Waals surface area (Å²) in [6.45, 7) is 6.25. The molecule has 332 valence electrons. The second kappa shape index (κ2) is 19.1. The van der Waals surface area contributed by atoms with Crippen molar-refractivity contribution >= 4 is 47.8 Å². The van der Waals surface area contributed by atoms with E-state index in [2.05, 4.69) is 0 Å². The van der Waals surface area contributed by atoms with Gasteiger partial charge in [-0.2, -0.15) is 0 Å². The highest BCUT2D eigenvalue weighted by Crippen LogP contribution is 2.45. The number of esters is 8. The van der Waals surface area contributed by atoms with Gasteiger partial charge >= 0.3 is 47.8 Å². The van der Waals surface area contributed by atoms with Gasteiger partial charge in [0.15, 0.2) is 11.6 Å². The summed E-state index contributed by atoms with van der Waals surface area (Å²) in [5.74, 6) is -15.9. The van der Waals surface area contributed by atoms with Crippen molar-refractivity contribution in [2.24, 2.45) is 0 Å². The smallest absolute Gasteiger partial charge is 0.348 e. The molecule has 5 aliphatic rings. The molecular formula is C42H42O20-2. The van der Waals surface area contributed by atoms with Crippen molar-refractivity contribution < 1.29 is 95.9 Å². The van der Waals surface area contributed by atoms with Crippen LogP contribution in [-0.2, 0) is 85.7 Å². The molecule has 2 saturated heterocycles. The van der Waals surface area contributed by atoms with Gasteiger partial charge in [-0.05, 0) is 52.0 Å². The van der Waals surface area contributed by atoms with Crippen LogP contribution < -0.4 is 10.2 Å². The molecule has 1 saturated carbocycles. The molecule has 62 heavy (non-hydrogen) atoms. The quantitative estimate of drug-likeness (QED) is 0.0789. The van der Waals surface area contributed by atoms with Crippen LogP contribution in [0.2, 0.25) is 0 Å². The van der Waals surface area contributed by atoms with E-state index >= 15 is 0 Å². The van der Waals surface area contributed by atoms with Crippen molar-refractivity contribution in [2.45, 2.75) is 102 Å². The third-order valence-corrected chi connectivity index (χ3v) is 9.56. The van der Waals surface area contributed by atoms with Crippen LogP contribution in [0, 0.1) is 0 Å². The molecular weight excluding hydrogens is 824 g/mol. The van der Waals surface area contributed by atoms with Crippen molar-refractivity contribution in [3.05, 3.63) is 94.9 Å². The number of ether oxygens (including phenoxy) is 10. The lowest BCUT2D eigenvalue weighted by atomic mass is 9.87. The number of allylic oxidation sites excluding steroid dienone is 8. The minimum Gasteiger partial charge on any atom is -0.574 e. The highest BCUT2D eigenvalue weighted by Gasteiger charge is 2.56. The molecule has 0 amide bonds. The molecule has 5 rings (SSSR count). The second-order valence-corrected chi connectivity index (χ2v) is 14.3. The second-order valence-electron chi connectivity index (χ2n) is 14.3. The van der Waals surface area contributed by atoms with Crippen molar-refractivity contribution in [3.8, 4) is 0 Å². The van der Waals surface area contributed by atoms with E-state index in [4.69, 9.17) is 47.4 Å². The first kappa shape index (κ1) is 46.0. The Morgan fingerprint density at radius 1 is 0.516 bits per heavy atom. The summed E-state index contributed by atoms with van der Waals surface area (Å²) >= 11 is 0. The summed E-state index contributed by atoms with van der Waals surface area (Å²) in [7, 11) is 0. The molecule has 4 heterocycles. The van der Waals surface area contributed by atoms with Crippen LogP contribution in [0.1, 0.15) is 79.1 Å². The van der Waals surface area contributed by atoms with Gasteiger partial charge in [0, 0.05) is 38.5 Å². The first-order valence-electron chi connectivity index (χ1n) is 19.4. The van der Waals surface area contributed by atoms with Gasteiger partial charge in [0.1, 0.15) is 11.1 Å². The normalized spacial score (nSPS) is 27.8. The summed E-state index contributed by atoms with van der Waals surface area (Å²) in [5.41, 5.74) is -1.83. The molecule has 0 aromatic heterocycles. The zero-order chi connectivity index (χ0) is 45.3. The van der Waals surface area contributed by atoms with Crippen LogP contribution in [0.4, 0.5) is 0 Å². The lowest BCUT2D eigenvalue weighted by molar-refractivity contribution is -0.397. The van der Waals surface area contributed by atoms with Gasteiger partial charge < -0.3 is 57.6 Å². The lowest BCUT2D eigenvalue weighted by Crippen LogP contribution is -2.56. The molecule has 2 atom stereocenters. The summed E-state index contributed by atoms with van der Waals surface area (Å²) in [5, 5.41) is 24.9. The highest BCUT2D eigenvalue weighted by atomic mass is 16.8. The maximum absolute atomic E-state index is 12.9. The maximum Gasteiger partial charge on any atom is 0.348 e. The molecule has 2 unspecified atom stereocenters. The van der Waals surface area contributed by atoms with Crippen molar-refractivity contribution in [3.63, 3.8) is 0 Å². The van der Waals surface area contributed by atoms with Crippen molar-refractivity contribution in [1.82, 2.24) is 0 Å². The molecule has 0 radical (unpaired) electrons. The third-order valence-electron chi connectivity index (χ3n) is 9.56. The number of rotatable bonds is 14. The van der Waals surface area contributed by atoms with Gasteiger partial charge in [-0.25, -0.2) is 28.8 Å². The summed E-state index contributed by atoms with van der Waals surface area (Å²) in [6.07, 6.45) is 10.7. The van der Waals surface area contributed by atoms with Gasteiger partial charge in [0.25, 0.3) is 11.6 Å².